The number of halogens is 1. The maximum absolute atomic E-state index is 13.3. The zero-order valence-electron chi connectivity index (χ0n) is 17.6. The molecule has 0 unspecified atom stereocenters. The molecule has 1 aliphatic heterocycles. The molecule has 0 bridgehead atoms. The van der Waals surface area contributed by atoms with Crippen LogP contribution in [-0.2, 0) is 5.60 Å². The molecule has 0 aliphatic carbocycles. The van der Waals surface area contributed by atoms with Gasteiger partial charge in [-0.05, 0) is 36.0 Å². The standard InChI is InChI=1S/C27H24ClNO2S/c28-24-22-13-7-8-14-23(22)32-25(24)26(30)29-17-15-21(16-18-29)27(31,19-9-3-1-4-10-19)20-11-5-2-6-12-20/h1-14,21,31H,15-18H2. The van der Waals surface area contributed by atoms with E-state index in [1.165, 1.54) is 11.3 Å². The molecule has 32 heavy (non-hydrogen) atoms. The van der Waals surface area contributed by atoms with Gasteiger partial charge >= 0.3 is 0 Å². The fraction of sp³-hybridized carbons (Fsp3) is 0.222. The molecule has 3 aromatic carbocycles. The Hall–Kier alpha value is -2.66. The Morgan fingerprint density at radius 1 is 0.875 bits per heavy atom. The van der Waals surface area contributed by atoms with Gasteiger partial charge in [0.15, 0.2) is 0 Å². The SMILES string of the molecule is O=C(c1sc2ccccc2c1Cl)N1CCC(C(O)(c2ccccc2)c2ccccc2)CC1. The van der Waals surface area contributed by atoms with Crippen LogP contribution in [0.1, 0.15) is 33.6 Å². The van der Waals surface area contributed by atoms with Crippen molar-refractivity contribution in [2.45, 2.75) is 18.4 Å². The van der Waals surface area contributed by atoms with E-state index in [1.807, 2.05) is 89.8 Å². The molecule has 0 saturated carbocycles. The lowest BCUT2D eigenvalue weighted by Gasteiger charge is -2.42. The van der Waals surface area contributed by atoms with Gasteiger partial charge in [0.25, 0.3) is 5.91 Å². The number of benzene rings is 3. The Morgan fingerprint density at radius 2 is 1.41 bits per heavy atom. The quantitative estimate of drug-likeness (QED) is 0.385. The number of likely N-dealkylation sites (tertiary alicyclic amines) is 1. The van der Waals surface area contributed by atoms with Gasteiger partial charge in [-0.25, -0.2) is 0 Å². The van der Waals surface area contributed by atoms with Gasteiger partial charge in [0, 0.05) is 23.2 Å². The van der Waals surface area contributed by atoms with Crippen molar-refractivity contribution >= 4 is 38.9 Å². The van der Waals surface area contributed by atoms with E-state index >= 15 is 0 Å². The number of nitrogens with zero attached hydrogens (tertiary/aromatic N) is 1. The fourth-order valence-corrected chi connectivity index (χ4v) is 6.30. The molecule has 1 N–H and O–H groups in total. The molecule has 1 saturated heterocycles. The predicted octanol–water partition coefficient (Wildman–Crippen LogP) is 6.34. The second-order valence-corrected chi connectivity index (χ2v) is 9.74. The summed E-state index contributed by atoms with van der Waals surface area (Å²) in [4.78, 5) is 15.8. The molecular formula is C27H24ClNO2S. The number of fused-ring (bicyclic) bond motifs is 1. The summed E-state index contributed by atoms with van der Waals surface area (Å²) in [7, 11) is 0. The van der Waals surface area contributed by atoms with Crippen LogP contribution in [0, 0.1) is 5.92 Å². The number of hydrogen-bond acceptors (Lipinski definition) is 3. The van der Waals surface area contributed by atoms with Crippen LogP contribution >= 0.6 is 22.9 Å². The third kappa shape index (κ3) is 3.62. The topological polar surface area (TPSA) is 40.5 Å². The number of aliphatic hydroxyl groups is 1. The summed E-state index contributed by atoms with van der Waals surface area (Å²) in [5.74, 6) is -0.00755. The van der Waals surface area contributed by atoms with Crippen LogP contribution in [0.2, 0.25) is 5.02 Å². The molecule has 3 nitrogen and oxygen atoms in total. The second-order valence-electron chi connectivity index (χ2n) is 8.31. The highest BCUT2D eigenvalue weighted by Crippen LogP contribution is 2.43. The van der Waals surface area contributed by atoms with Crippen molar-refractivity contribution in [2.75, 3.05) is 13.1 Å². The van der Waals surface area contributed by atoms with E-state index in [2.05, 4.69) is 0 Å². The number of hydrogen-bond donors (Lipinski definition) is 1. The highest BCUT2D eigenvalue weighted by molar-refractivity contribution is 7.21. The van der Waals surface area contributed by atoms with Crippen LogP contribution in [0.5, 0.6) is 0 Å². The van der Waals surface area contributed by atoms with Crippen molar-refractivity contribution in [1.29, 1.82) is 0 Å². The highest BCUT2D eigenvalue weighted by atomic mass is 35.5. The highest BCUT2D eigenvalue weighted by Gasteiger charge is 2.42. The Balaban J connectivity index is 1.40. The lowest BCUT2D eigenvalue weighted by Crippen LogP contribution is -2.46. The van der Waals surface area contributed by atoms with Crippen molar-refractivity contribution in [3.8, 4) is 0 Å². The van der Waals surface area contributed by atoms with Gasteiger partial charge in [-0.1, -0.05) is 90.5 Å². The molecule has 0 spiro atoms. The third-order valence-electron chi connectivity index (χ3n) is 6.53. The molecule has 1 amide bonds. The molecule has 5 heteroatoms. The summed E-state index contributed by atoms with van der Waals surface area (Å²) >= 11 is 8.01. The van der Waals surface area contributed by atoms with E-state index in [9.17, 15) is 9.90 Å². The van der Waals surface area contributed by atoms with E-state index in [0.29, 0.717) is 35.8 Å². The Bertz CT molecular complexity index is 1190. The monoisotopic (exact) mass is 461 g/mol. The van der Waals surface area contributed by atoms with Crippen LogP contribution in [0.3, 0.4) is 0 Å². The van der Waals surface area contributed by atoms with E-state index in [-0.39, 0.29) is 11.8 Å². The van der Waals surface area contributed by atoms with Crippen LogP contribution in [0.25, 0.3) is 10.1 Å². The summed E-state index contributed by atoms with van der Waals surface area (Å²) in [5, 5.41) is 13.5. The predicted molar refractivity (Wildman–Crippen MR) is 131 cm³/mol. The molecule has 4 aromatic rings. The van der Waals surface area contributed by atoms with Gasteiger partial charge in [0.05, 0.1) is 5.02 Å². The molecule has 1 aromatic heterocycles. The minimum absolute atomic E-state index is 0.00855. The summed E-state index contributed by atoms with van der Waals surface area (Å²) in [6, 6.07) is 27.6. The first-order valence-corrected chi connectivity index (χ1v) is 12.1. The third-order valence-corrected chi connectivity index (χ3v) is 8.19. The first-order valence-electron chi connectivity index (χ1n) is 10.9. The summed E-state index contributed by atoms with van der Waals surface area (Å²) in [6.07, 6.45) is 1.43. The number of rotatable bonds is 4. The van der Waals surface area contributed by atoms with Crippen molar-refractivity contribution in [2.24, 2.45) is 5.92 Å². The largest absolute Gasteiger partial charge is 0.380 e. The van der Waals surface area contributed by atoms with Crippen molar-refractivity contribution < 1.29 is 9.90 Å². The number of amides is 1. The maximum atomic E-state index is 13.3. The molecule has 1 aliphatic rings. The molecule has 162 valence electrons. The first-order chi connectivity index (χ1) is 15.6. The van der Waals surface area contributed by atoms with Gasteiger partial charge in [-0.3, -0.25) is 4.79 Å². The van der Waals surface area contributed by atoms with Gasteiger partial charge in [0.1, 0.15) is 10.5 Å². The van der Waals surface area contributed by atoms with Gasteiger partial charge < -0.3 is 10.0 Å². The number of thiophene rings is 1. The van der Waals surface area contributed by atoms with E-state index in [4.69, 9.17) is 11.6 Å². The lowest BCUT2D eigenvalue weighted by atomic mass is 9.72. The molecule has 0 radical (unpaired) electrons. The van der Waals surface area contributed by atoms with Crippen molar-refractivity contribution in [1.82, 2.24) is 4.90 Å². The van der Waals surface area contributed by atoms with Gasteiger partial charge in [0.2, 0.25) is 0 Å². The number of carbonyl (C=O) groups is 1. The van der Waals surface area contributed by atoms with E-state index in [1.54, 1.807) is 0 Å². The molecule has 5 rings (SSSR count). The van der Waals surface area contributed by atoms with Crippen LogP contribution in [0.4, 0.5) is 0 Å². The Labute approximate surface area is 196 Å². The summed E-state index contributed by atoms with van der Waals surface area (Å²) in [6.45, 7) is 1.19. The first kappa shape index (κ1) is 21.2. The van der Waals surface area contributed by atoms with Gasteiger partial charge in [-0.2, -0.15) is 0 Å². The zero-order valence-corrected chi connectivity index (χ0v) is 19.1. The maximum Gasteiger partial charge on any atom is 0.265 e. The fourth-order valence-electron chi connectivity index (χ4n) is 4.82. The Kier molecular flexibility index (Phi) is 5.76. The average Bonchev–Trinajstić information content (AvgIpc) is 3.21. The van der Waals surface area contributed by atoms with Crippen molar-refractivity contribution in [3.05, 3.63) is 106 Å². The summed E-state index contributed by atoms with van der Waals surface area (Å²) < 4.78 is 1.03. The number of piperidine rings is 1. The molecular weight excluding hydrogens is 438 g/mol. The van der Waals surface area contributed by atoms with Crippen molar-refractivity contribution in [3.63, 3.8) is 0 Å². The van der Waals surface area contributed by atoms with Crippen LogP contribution < -0.4 is 0 Å². The van der Waals surface area contributed by atoms with Crippen LogP contribution in [-0.4, -0.2) is 29.0 Å². The molecule has 0 atom stereocenters. The van der Waals surface area contributed by atoms with E-state index < -0.39 is 5.60 Å². The minimum atomic E-state index is -1.09. The molecule has 1 fully saturated rings. The second kappa shape index (κ2) is 8.70. The smallest absolute Gasteiger partial charge is 0.265 e. The molecule has 2 heterocycles. The zero-order chi connectivity index (χ0) is 22.1. The average molecular weight is 462 g/mol. The summed E-state index contributed by atoms with van der Waals surface area (Å²) in [5.41, 5.74) is 0.694. The Morgan fingerprint density at radius 3 is 1.97 bits per heavy atom. The number of carbonyl (C=O) groups excluding carboxylic acids is 1. The van der Waals surface area contributed by atoms with E-state index in [0.717, 1.165) is 21.2 Å². The normalized spacial score (nSPS) is 15.2. The van der Waals surface area contributed by atoms with Crippen LogP contribution in [0.15, 0.2) is 84.9 Å². The van der Waals surface area contributed by atoms with Gasteiger partial charge in [-0.15, -0.1) is 11.3 Å². The lowest BCUT2D eigenvalue weighted by molar-refractivity contribution is -0.0122. The minimum Gasteiger partial charge on any atom is -0.380 e.